The zero-order valence-corrected chi connectivity index (χ0v) is 12.6. The monoisotopic (exact) mass is 285 g/mol. The second kappa shape index (κ2) is 7.80. The summed E-state index contributed by atoms with van der Waals surface area (Å²) in [6.45, 7) is 2.52. The SMILES string of the molecule is CC(NCc1ccc(C#N)cc1)C(=O)NC1CCCCC1. The highest BCUT2D eigenvalue weighted by Gasteiger charge is 2.19. The van der Waals surface area contributed by atoms with Gasteiger partial charge >= 0.3 is 0 Å². The first-order chi connectivity index (χ1) is 10.2. The Balaban J connectivity index is 1.76. The maximum Gasteiger partial charge on any atom is 0.237 e. The van der Waals surface area contributed by atoms with Gasteiger partial charge in [0.05, 0.1) is 17.7 Å². The molecule has 0 saturated heterocycles. The number of benzene rings is 1. The minimum Gasteiger partial charge on any atom is -0.352 e. The van der Waals surface area contributed by atoms with Crippen LogP contribution in [0.5, 0.6) is 0 Å². The van der Waals surface area contributed by atoms with Gasteiger partial charge in [0.2, 0.25) is 5.91 Å². The molecule has 0 bridgehead atoms. The minimum absolute atomic E-state index is 0.0792. The number of nitriles is 1. The lowest BCUT2D eigenvalue weighted by Gasteiger charge is -2.24. The quantitative estimate of drug-likeness (QED) is 0.873. The molecule has 1 aliphatic carbocycles. The van der Waals surface area contributed by atoms with Crippen LogP contribution in [0.3, 0.4) is 0 Å². The maximum absolute atomic E-state index is 12.1. The summed E-state index contributed by atoms with van der Waals surface area (Å²) in [6.07, 6.45) is 5.94. The van der Waals surface area contributed by atoms with Crippen molar-refractivity contribution in [3.05, 3.63) is 35.4 Å². The van der Waals surface area contributed by atoms with Crippen LogP contribution in [0.1, 0.15) is 50.2 Å². The van der Waals surface area contributed by atoms with Gasteiger partial charge in [-0.25, -0.2) is 0 Å². The van der Waals surface area contributed by atoms with Gasteiger partial charge in [-0.05, 0) is 37.5 Å². The lowest BCUT2D eigenvalue weighted by Crippen LogP contribution is -2.46. The topological polar surface area (TPSA) is 64.9 Å². The van der Waals surface area contributed by atoms with E-state index in [0.717, 1.165) is 18.4 Å². The van der Waals surface area contributed by atoms with Crippen molar-refractivity contribution in [1.29, 1.82) is 5.26 Å². The van der Waals surface area contributed by atoms with E-state index in [4.69, 9.17) is 5.26 Å². The van der Waals surface area contributed by atoms with E-state index in [1.165, 1.54) is 19.3 Å². The van der Waals surface area contributed by atoms with E-state index < -0.39 is 0 Å². The van der Waals surface area contributed by atoms with Crippen molar-refractivity contribution in [2.24, 2.45) is 0 Å². The molecule has 1 fully saturated rings. The highest BCUT2D eigenvalue weighted by molar-refractivity contribution is 5.81. The molecule has 1 aliphatic rings. The summed E-state index contributed by atoms with van der Waals surface area (Å²) in [4.78, 5) is 12.1. The second-order valence-electron chi connectivity index (χ2n) is 5.75. The van der Waals surface area contributed by atoms with Crippen LogP contribution >= 0.6 is 0 Å². The number of carbonyl (C=O) groups is 1. The third-order valence-electron chi connectivity index (χ3n) is 4.04. The Bertz CT molecular complexity index is 498. The van der Waals surface area contributed by atoms with Gasteiger partial charge in [-0.3, -0.25) is 4.79 Å². The molecule has 21 heavy (non-hydrogen) atoms. The number of nitrogens with zero attached hydrogens (tertiary/aromatic N) is 1. The summed E-state index contributed by atoms with van der Waals surface area (Å²) in [6, 6.07) is 9.66. The van der Waals surface area contributed by atoms with E-state index >= 15 is 0 Å². The summed E-state index contributed by atoms with van der Waals surface area (Å²) in [5.41, 5.74) is 1.73. The van der Waals surface area contributed by atoms with Crippen molar-refractivity contribution in [3.63, 3.8) is 0 Å². The molecule has 1 aromatic rings. The number of carbonyl (C=O) groups excluding carboxylic acids is 1. The van der Waals surface area contributed by atoms with Crippen LogP contribution in [0.15, 0.2) is 24.3 Å². The van der Waals surface area contributed by atoms with Crippen molar-refractivity contribution < 1.29 is 4.79 Å². The largest absolute Gasteiger partial charge is 0.352 e. The number of rotatable bonds is 5. The molecule has 4 heteroatoms. The average Bonchev–Trinajstić information content (AvgIpc) is 2.54. The first-order valence-corrected chi connectivity index (χ1v) is 7.72. The molecule has 0 heterocycles. The third-order valence-corrected chi connectivity index (χ3v) is 4.04. The fourth-order valence-electron chi connectivity index (χ4n) is 2.63. The summed E-state index contributed by atoms with van der Waals surface area (Å²) in [5, 5.41) is 15.1. The summed E-state index contributed by atoms with van der Waals surface area (Å²) in [7, 11) is 0. The molecule has 1 aromatic carbocycles. The van der Waals surface area contributed by atoms with Crippen molar-refractivity contribution in [2.45, 2.75) is 57.7 Å². The first kappa shape index (κ1) is 15.5. The lowest BCUT2D eigenvalue weighted by molar-refractivity contribution is -0.123. The number of hydrogen-bond donors (Lipinski definition) is 2. The van der Waals surface area contributed by atoms with Gasteiger partial charge in [-0.15, -0.1) is 0 Å². The van der Waals surface area contributed by atoms with Gasteiger partial charge in [0, 0.05) is 12.6 Å². The summed E-state index contributed by atoms with van der Waals surface area (Å²) < 4.78 is 0. The molecule has 1 unspecified atom stereocenters. The predicted octanol–water partition coefficient (Wildman–Crippen LogP) is 2.49. The van der Waals surface area contributed by atoms with Gasteiger partial charge in [0.1, 0.15) is 0 Å². The molecule has 4 nitrogen and oxygen atoms in total. The molecule has 1 amide bonds. The van der Waals surface area contributed by atoms with Crippen LogP contribution in [0, 0.1) is 11.3 Å². The number of nitrogens with one attached hydrogen (secondary N) is 2. The summed E-state index contributed by atoms with van der Waals surface area (Å²) in [5.74, 6) is 0.0792. The van der Waals surface area contributed by atoms with E-state index in [0.29, 0.717) is 18.2 Å². The van der Waals surface area contributed by atoms with E-state index in [9.17, 15) is 4.79 Å². The Morgan fingerprint density at radius 1 is 1.29 bits per heavy atom. The molecule has 0 spiro atoms. The van der Waals surface area contributed by atoms with Gasteiger partial charge in [0.15, 0.2) is 0 Å². The van der Waals surface area contributed by atoms with E-state index in [1.54, 1.807) is 12.1 Å². The molecule has 1 atom stereocenters. The van der Waals surface area contributed by atoms with Crippen molar-refractivity contribution >= 4 is 5.91 Å². The fourth-order valence-corrected chi connectivity index (χ4v) is 2.63. The van der Waals surface area contributed by atoms with Gasteiger partial charge < -0.3 is 10.6 Å². The Morgan fingerprint density at radius 2 is 1.95 bits per heavy atom. The van der Waals surface area contributed by atoms with Crippen LogP contribution in [-0.4, -0.2) is 18.0 Å². The zero-order valence-electron chi connectivity index (χ0n) is 12.6. The molecule has 0 radical (unpaired) electrons. The van der Waals surface area contributed by atoms with E-state index in [-0.39, 0.29) is 11.9 Å². The lowest BCUT2D eigenvalue weighted by atomic mass is 9.95. The first-order valence-electron chi connectivity index (χ1n) is 7.72. The zero-order chi connectivity index (χ0) is 15.1. The van der Waals surface area contributed by atoms with Gasteiger partial charge in [-0.1, -0.05) is 31.4 Å². The van der Waals surface area contributed by atoms with E-state index in [1.807, 2.05) is 19.1 Å². The summed E-state index contributed by atoms with van der Waals surface area (Å²) >= 11 is 0. The van der Waals surface area contributed by atoms with Crippen LogP contribution in [0.2, 0.25) is 0 Å². The van der Waals surface area contributed by atoms with Crippen molar-refractivity contribution in [1.82, 2.24) is 10.6 Å². The van der Waals surface area contributed by atoms with Crippen molar-refractivity contribution in [2.75, 3.05) is 0 Å². The van der Waals surface area contributed by atoms with Crippen molar-refractivity contribution in [3.8, 4) is 6.07 Å². The third kappa shape index (κ3) is 4.87. The highest BCUT2D eigenvalue weighted by atomic mass is 16.2. The molecular weight excluding hydrogens is 262 g/mol. The Labute approximate surface area is 126 Å². The maximum atomic E-state index is 12.1. The van der Waals surface area contributed by atoms with Gasteiger partial charge in [0.25, 0.3) is 0 Å². The van der Waals surface area contributed by atoms with Gasteiger partial charge in [-0.2, -0.15) is 5.26 Å². The molecule has 1 saturated carbocycles. The molecule has 112 valence electrons. The molecule has 0 aromatic heterocycles. The number of amides is 1. The average molecular weight is 285 g/mol. The predicted molar refractivity (Wildman–Crippen MR) is 82.5 cm³/mol. The Hall–Kier alpha value is -1.86. The van der Waals surface area contributed by atoms with E-state index in [2.05, 4.69) is 16.7 Å². The van der Waals surface area contributed by atoms with Crippen LogP contribution in [0.4, 0.5) is 0 Å². The molecule has 0 aliphatic heterocycles. The Morgan fingerprint density at radius 3 is 2.57 bits per heavy atom. The molecule has 2 rings (SSSR count). The smallest absolute Gasteiger partial charge is 0.237 e. The second-order valence-corrected chi connectivity index (χ2v) is 5.75. The van der Waals surface area contributed by atoms with Crippen LogP contribution in [-0.2, 0) is 11.3 Å². The standard InChI is InChI=1S/C17H23N3O/c1-13(17(21)20-16-5-3-2-4-6-16)19-12-15-9-7-14(11-18)8-10-15/h7-10,13,16,19H,2-6,12H2,1H3,(H,20,21). The molecular formula is C17H23N3O. The minimum atomic E-state index is -0.206. The molecule has 2 N–H and O–H groups in total. The van der Waals surface area contributed by atoms with Crippen LogP contribution < -0.4 is 10.6 Å². The van der Waals surface area contributed by atoms with Crippen LogP contribution in [0.25, 0.3) is 0 Å². The fraction of sp³-hybridized carbons (Fsp3) is 0.529. The Kier molecular flexibility index (Phi) is 5.77. The number of hydrogen-bond acceptors (Lipinski definition) is 3. The highest BCUT2D eigenvalue weighted by Crippen LogP contribution is 2.17. The normalized spacial score (nSPS) is 17.0.